The predicted molar refractivity (Wildman–Crippen MR) is 392 cm³/mol. The Morgan fingerprint density at radius 2 is 0.626 bits per heavy atom. The van der Waals surface area contributed by atoms with Gasteiger partial charge in [-0.3, -0.25) is 9.59 Å². The van der Waals surface area contributed by atoms with E-state index in [1.165, 1.54) is 257 Å². The van der Waals surface area contributed by atoms with E-state index in [0.29, 0.717) is 17.4 Å². The number of esters is 2. The van der Waals surface area contributed by atoms with Crippen molar-refractivity contribution in [1.82, 2.24) is 0 Å². The summed E-state index contributed by atoms with van der Waals surface area (Å²) in [5, 5.41) is 9.77. The molecule has 0 heterocycles. The molecular formula is C82H148NO8+. The highest BCUT2D eigenvalue weighted by Gasteiger charge is 2.25. The van der Waals surface area contributed by atoms with Gasteiger partial charge in [0.2, 0.25) is 0 Å². The maximum absolute atomic E-state index is 13.0. The fourth-order valence-corrected chi connectivity index (χ4v) is 11.3. The van der Waals surface area contributed by atoms with Crippen molar-refractivity contribution >= 4 is 17.9 Å². The summed E-state index contributed by atoms with van der Waals surface area (Å²) in [7, 11) is 5.99. The van der Waals surface area contributed by atoms with Crippen LogP contribution in [0.3, 0.4) is 0 Å². The lowest BCUT2D eigenvalue weighted by molar-refractivity contribution is -0.870. The molecule has 0 fully saturated rings. The van der Waals surface area contributed by atoms with E-state index < -0.39 is 24.3 Å². The van der Waals surface area contributed by atoms with Crippen molar-refractivity contribution in [2.24, 2.45) is 0 Å². The summed E-state index contributed by atoms with van der Waals surface area (Å²) in [5.41, 5.74) is 0. The second kappa shape index (κ2) is 72.3. The lowest BCUT2D eigenvalue weighted by Gasteiger charge is -2.25. The summed E-state index contributed by atoms with van der Waals surface area (Å²) in [6.07, 6.45) is 95.8. The average molecular weight is 1280 g/mol. The molecule has 1 N–H and O–H groups in total. The van der Waals surface area contributed by atoms with Crippen LogP contribution in [0.4, 0.5) is 0 Å². The van der Waals surface area contributed by atoms with Crippen molar-refractivity contribution in [3.05, 3.63) is 85.1 Å². The lowest BCUT2D eigenvalue weighted by atomic mass is 10.0. The molecule has 2 atom stereocenters. The SMILES string of the molecule is CC/C=C\C/C=C\C/C=C\C/C=C\C/C=C\C/C=C\CCCCCCCCCCCCCCCCC(=O)OC(COC(=O)CCCCCCCCCCCCCCCCCCCCCCC/C=C\CCCCCCCCCC)COC(OCC[N+](C)(C)C)C(=O)O. The quantitative estimate of drug-likeness (QED) is 0.0211. The Kier molecular flexibility index (Phi) is 69.5. The monoisotopic (exact) mass is 1280 g/mol. The zero-order valence-electron chi connectivity index (χ0n) is 60.5. The molecule has 2 unspecified atom stereocenters. The summed E-state index contributed by atoms with van der Waals surface area (Å²) in [6, 6.07) is 0. The van der Waals surface area contributed by atoms with E-state index in [1.54, 1.807) is 0 Å². The second-order valence-corrected chi connectivity index (χ2v) is 27.3. The van der Waals surface area contributed by atoms with Gasteiger partial charge in [0.25, 0.3) is 6.29 Å². The topological polar surface area (TPSA) is 108 Å². The molecule has 0 aliphatic heterocycles. The van der Waals surface area contributed by atoms with Crippen molar-refractivity contribution in [2.45, 2.75) is 373 Å². The molecule has 0 rings (SSSR count). The fourth-order valence-electron chi connectivity index (χ4n) is 11.3. The van der Waals surface area contributed by atoms with Crippen LogP contribution in [0, 0.1) is 0 Å². The molecule has 0 radical (unpaired) electrons. The third kappa shape index (κ3) is 73.7. The van der Waals surface area contributed by atoms with E-state index in [1.807, 2.05) is 21.1 Å². The van der Waals surface area contributed by atoms with Crippen LogP contribution in [0.15, 0.2) is 85.1 Å². The molecule has 9 nitrogen and oxygen atoms in total. The van der Waals surface area contributed by atoms with Crippen LogP contribution in [0.1, 0.15) is 361 Å². The summed E-state index contributed by atoms with van der Waals surface area (Å²) >= 11 is 0. The molecule has 0 aliphatic rings. The van der Waals surface area contributed by atoms with Gasteiger partial charge in [0.05, 0.1) is 34.4 Å². The van der Waals surface area contributed by atoms with E-state index in [-0.39, 0.29) is 32.2 Å². The number of hydrogen-bond donors (Lipinski definition) is 1. The Bertz CT molecular complexity index is 1770. The van der Waals surface area contributed by atoms with Gasteiger partial charge in [-0.1, -0.05) is 343 Å². The minimum atomic E-state index is -1.51. The molecule has 0 aromatic rings. The van der Waals surface area contributed by atoms with Gasteiger partial charge < -0.3 is 28.5 Å². The highest BCUT2D eigenvalue weighted by Crippen LogP contribution is 2.19. The van der Waals surface area contributed by atoms with Gasteiger partial charge in [-0.15, -0.1) is 0 Å². The number of unbranched alkanes of at least 4 members (excludes halogenated alkanes) is 43. The van der Waals surface area contributed by atoms with Crippen molar-refractivity contribution in [3.8, 4) is 0 Å². The zero-order chi connectivity index (χ0) is 66.1. The van der Waals surface area contributed by atoms with Crippen LogP contribution in [-0.4, -0.2) is 87.4 Å². The number of allylic oxidation sites excluding steroid dienone is 14. The molecule has 0 aliphatic carbocycles. The Hall–Kier alpha value is -3.53. The predicted octanol–water partition coefficient (Wildman–Crippen LogP) is 24.6. The number of carboxylic acid groups (broad SMARTS) is 1. The number of quaternary nitrogens is 1. The first-order valence-corrected chi connectivity index (χ1v) is 38.8. The Morgan fingerprint density at radius 1 is 0.341 bits per heavy atom. The van der Waals surface area contributed by atoms with Gasteiger partial charge in [-0.25, -0.2) is 4.79 Å². The third-order valence-corrected chi connectivity index (χ3v) is 17.1. The summed E-state index contributed by atoms with van der Waals surface area (Å²) in [6.45, 7) is 4.81. The first-order valence-electron chi connectivity index (χ1n) is 38.8. The molecule has 0 spiro atoms. The van der Waals surface area contributed by atoms with Crippen molar-refractivity contribution in [1.29, 1.82) is 0 Å². The van der Waals surface area contributed by atoms with E-state index in [0.717, 1.165) is 77.0 Å². The molecule has 91 heavy (non-hydrogen) atoms. The summed E-state index contributed by atoms with van der Waals surface area (Å²) in [5.74, 6) is -1.99. The van der Waals surface area contributed by atoms with Gasteiger partial charge in [0.15, 0.2) is 6.10 Å². The van der Waals surface area contributed by atoms with Gasteiger partial charge >= 0.3 is 17.9 Å². The number of carbonyl (C=O) groups is 3. The standard InChI is InChI=1S/C82H147NO8/c1-6-8-10-12-14-16-18-20-22-24-26-28-30-32-34-36-38-40-42-44-46-48-50-52-54-56-58-60-62-64-66-68-70-72-79(84)89-76-78(77-90-82(81(86)87)88-75-74-83(3,4)5)91-80(85)73-71-69-67-65-63-61-59-57-55-53-51-49-47-45-43-41-39-37-35-33-31-29-27-25-23-21-19-17-15-13-11-9-7-2/h9,11,15,17,21,23-24,26-27,29,33,35,39,41,78,82H,6-8,10,12-14,16,18-20,22,25,28,30-32,34,36-38,40,42-77H2,1-5H3/p+1/b11-9-,17-15-,23-21-,26-24-,29-27-,35-33-,41-39-. The molecule has 0 aromatic carbocycles. The first kappa shape index (κ1) is 87.5. The van der Waals surface area contributed by atoms with Crippen LogP contribution in [0.2, 0.25) is 0 Å². The number of hydrogen-bond acceptors (Lipinski definition) is 7. The van der Waals surface area contributed by atoms with E-state index >= 15 is 0 Å². The number of rotatable bonds is 72. The second-order valence-electron chi connectivity index (χ2n) is 27.3. The maximum atomic E-state index is 13.0. The number of carboxylic acids is 1. The molecule has 0 saturated carbocycles. The average Bonchev–Trinajstić information content (AvgIpc) is 3.46. The molecule has 528 valence electrons. The number of carbonyl (C=O) groups excluding carboxylic acids is 2. The fraction of sp³-hybridized carbons (Fsp3) is 0.793. The maximum Gasteiger partial charge on any atom is 0.361 e. The van der Waals surface area contributed by atoms with Gasteiger partial charge in [0.1, 0.15) is 13.2 Å². The van der Waals surface area contributed by atoms with E-state index in [4.69, 9.17) is 18.9 Å². The number of aliphatic carboxylic acids is 1. The molecule has 0 aromatic heterocycles. The van der Waals surface area contributed by atoms with Crippen molar-refractivity contribution in [3.63, 3.8) is 0 Å². The van der Waals surface area contributed by atoms with Gasteiger partial charge in [-0.05, 0) is 89.9 Å². The largest absolute Gasteiger partial charge is 0.477 e. The molecular weight excluding hydrogens is 1130 g/mol. The van der Waals surface area contributed by atoms with Crippen molar-refractivity contribution < 1.29 is 42.9 Å². The lowest BCUT2D eigenvalue weighted by Crippen LogP contribution is -2.40. The smallest absolute Gasteiger partial charge is 0.361 e. The Labute approximate surface area is 563 Å². The van der Waals surface area contributed by atoms with Gasteiger partial charge in [0, 0.05) is 12.8 Å². The Balaban J connectivity index is 4.03. The summed E-state index contributed by atoms with van der Waals surface area (Å²) < 4.78 is 23.0. The molecule has 0 amide bonds. The van der Waals surface area contributed by atoms with E-state index in [2.05, 4.69) is 98.9 Å². The normalized spacial score (nSPS) is 13.1. The van der Waals surface area contributed by atoms with Crippen LogP contribution in [0.25, 0.3) is 0 Å². The first-order chi connectivity index (χ1) is 44.6. The number of ether oxygens (including phenoxy) is 4. The van der Waals surface area contributed by atoms with Crippen molar-refractivity contribution in [2.75, 3.05) is 47.5 Å². The molecule has 0 bridgehead atoms. The highest BCUT2D eigenvalue weighted by molar-refractivity contribution is 5.71. The Morgan fingerprint density at radius 3 is 0.945 bits per heavy atom. The van der Waals surface area contributed by atoms with Crippen LogP contribution < -0.4 is 0 Å². The minimum absolute atomic E-state index is 0.181. The van der Waals surface area contributed by atoms with Crippen LogP contribution >= 0.6 is 0 Å². The minimum Gasteiger partial charge on any atom is -0.477 e. The highest BCUT2D eigenvalue weighted by atomic mass is 16.7. The van der Waals surface area contributed by atoms with Crippen LogP contribution in [-0.2, 0) is 33.3 Å². The zero-order valence-corrected chi connectivity index (χ0v) is 60.5. The summed E-state index contributed by atoms with van der Waals surface area (Å²) in [4.78, 5) is 37.7. The molecule has 0 saturated heterocycles. The third-order valence-electron chi connectivity index (χ3n) is 17.1. The number of likely N-dealkylation sites (N-methyl/N-ethyl adjacent to an activating group) is 1. The van der Waals surface area contributed by atoms with Crippen LogP contribution in [0.5, 0.6) is 0 Å². The number of nitrogens with zero attached hydrogens (tertiary/aromatic N) is 1. The van der Waals surface area contributed by atoms with E-state index in [9.17, 15) is 19.5 Å². The van der Waals surface area contributed by atoms with Gasteiger partial charge in [-0.2, -0.15) is 0 Å². The molecule has 9 heteroatoms.